The van der Waals surface area contributed by atoms with E-state index >= 15 is 0 Å². The first-order valence-electron chi connectivity index (χ1n) is 10.5. The molecule has 1 aliphatic heterocycles. The molecule has 10 heteroatoms. The number of imide groups is 1. The standard InChI is InChI=1S/C22H30N6O4/c1-22(2)20(31)28(21(32)26-22)10-7-13-5-6-16-15(11-13)14(8-9-27(3)4)18(25-16)19(30)24-12-17(23)29/h5-6,11,25H,7-10,12H2,1-4H3,(H2,23,29)(H,24,30)(H,26,32). The Kier molecular flexibility index (Phi) is 6.54. The van der Waals surface area contributed by atoms with Crippen LogP contribution in [0.1, 0.15) is 35.5 Å². The van der Waals surface area contributed by atoms with Crippen molar-refractivity contribution < 1.29 is 19.2 Å². The van der Waals surface area contributed by atoms with Crippen LogP contribution in [0.15, 0.2) is 18.2 Å². The van der Waals surface area contributed by atoms with Gasteiger partial charge in [0.2, 0.25) is 5.91 Å². The number of amides is 5. The van der Waals surface area contributed by atoms with Gasteiger partial charge in [-0.3, -0.25) is 19.3 Å². The maximum absolute atomic E-state index is 12.6. The number of nitrogens with zero attached hydrogens (tertiary/aromatic N) is 2. The van der Waals surface area contributed by atoms with E-state index < -0.39 is 17.4 Å². The molecule has 0 atom stereocenters. The fourth-order valence-electron chi connectivity index (χ4n) is 3.76. The first kappa shape index (κ1) is 23.3. The van der Waals surface area contributed by atoms with Gasteiger partial charge in [0.05, 0.1) is 6.54 Å². The highest BCUT2D eigenvalue weighted by atomic mass is 16.2. The number of fused-ring (bicyclic) bond motifs is 1. The van der Waals surface area contributed by atoms with Gasteiger partial charge in [0.25, 0.3) is 11.8 Å². The summed E-state index contributed by atoms with van der Waals surface area (Å²) in [5.74, 6) is -1.25. The number of nitrogens with one attached hydrogen (secondary N) is 3. The van der Waals surface area contributed by atoms with Crippen LogP contribution < -0.4 is 16.4 Å². The van der Waals surface area contributed by atoms with E-state index in [2.05, 4.69) is 15.6 Å². The zero-order chi connectivity index (χ0) is 23.6. The van der Waals surface area contributed by atoms with Crippen LogP contribution >= 0.6 is 0 Å². The maximum Gasteiger partial charge on any atom is 0.325 e. The molecular formula is C22H30N6O4. The van der Waals surface area contributed by atoms with Gasteiger partial charge >= 0.3 is 6.03 Å². The Morgan fingerprint density at radius 2 is 1.91 bits per heavy atom. The molecular weight excluding hydrogens is 412 g/mol. The number of nitrogens with two attached hydrogens (primary N) is 1. The van der Waals surface area contributed by atoms with Crippen LogP contribution in [0.25, 0.3) is 10.9 Å². The molecule has 0 bridgehead atoms. The van der Waals surface area contributed by atoms with E-state index in [1.54, 1.807) is 13.8 Å². The monoisotopic (exact) mass is 442 g/mol. The number of rotatable bonds is 9. The lowest BCUT2D eigenvalue weighted by molar-refractivity contribution is -0.130. The third-order valence-electron chi connectivity index (χ3n) is 5.50. The van der Waals surface area contributed by atoms with Gasteiger partial charge in [-0.25, -0.2) is 4.79 Å². The molecule has 5 N–H and O–H groups in total. The Labute approximate surface area is 186 Å². The molecule has 0 aliphatic carbocycles. The molecule has 32 heavy (non-hydrogen) atoms. The number of carbonyl (C=O) groups is 4. The van der Waals surface area contributed by atoms with E-state index in [-0.39, 0.29) is 25.0 Å². The largest absolute Gasteiger partial charge is 0.368 e. The molecule has 1 fully saturated rings. The molecule has 3 rings (SSSR count). The van der Waals surface area contributed by atoms with Crippen LogP contribution in [0.5, 0.6) is 0 Å². The maximum atomic E-state index is 12.6. The first-order chi connectivity index (χ1) is 15.0. The van der Waals surface area contributed by atoms with Crippen molar-refractivity contribution in [1.82, 2.24) is 25.4 Å². The fourth-order valence-corrected chi connectivity index (χ4v) is 3.76. The molecule has 0 unspecified atom stereocenters. The van der Waals surface area contributed by atoms with Crippen molar-refractivity contribution in [2.45, 2.75) is 32.2 Å². The first-order valence-corrected chi connectivity index (χ1v) is 10.5. The highest BCUT2D eigenvalue weighted by Crippen LogP contribution is 2.26. The Balaban J connectivity index is 1.86. The lowest BCUT2D eigenvalue weighted by atomic mass is 10.0. The van der Waals surface area contributed by atoms with Crippen molar-refractivity contribution in [3.05, 3.63) is 35.0 Å². The molecule has 0 spiro atoms. The summed E-state index contributed by atoms with van der Waals surface area (Å²) in [6.07, 6.45) is 1.11. The Bertz CT molecular complexity index is 1070. The lowest BCUT2D eigenvalue weighted by Gasteiger charge is -2.16. The lowest BCUT2D eigenvalue weighted by Crippen LogP contribution is -2.40. The minimum absolute atomic E-state index is 0.241. The SMILES string of the molecule is CN(C)CCc1c(C(=O)NCC(N)=O)[nH]c2ccc(CCN3C(=O)NC(C)(C)C3=O)cc12. The van der Waals surface area contributed by atoms with Crippen LogP contribution in [0.2, 0.25) is 0 Å². The molecule has 1 saturated heterocycles. The summed E-state index contributed by atoms with van der Waals surface area (Å²) in [6, 6.07) is 5.38. The fraction of sp³-hybridized carbons (Fsp3) is 0.455. The van der Waals surface area contributed by atoms with E-state index in [0.717, 1.165) is 28.6 Å². The van der Waals surface area contributed by atoms with Crippen LogP contribution in [0, 0.1) is 0 Å². The molecule has 1 aromatic carbocycles. The van der Waals surface area contributed by atoms with Crippen LogP contribution in [0.3, 0.4) is 0 Å². The van der Waals surface area contributed by atoms with Crippen LogP contribution in [0.4, 0.5) is 4.79 Å². The molecule has 2 heterocycles. The minimum atomic E-state index is -0.895. The molecule has 0 radical (unpaired) electrons. The van der Waals surface area contributed by atoms with Crippen molar-refractivity contribution in [1.29, 1.82) is 0 Å². The van der Waals surface area contributed by atoms with E-state index in [0.29, 0.717) is 18.5 Å². The number of urea groups is 1. The van der Waals surface area contributed by atoms with Crippen molar-refractivity contribution in [3.8, 4) is 0 Å². The summed E-state index contributed by atoms with van der Waals surface area (Å²) < 4.78 is 0. The van der Waals surface area contributed by atoms with Gasteiger partial charge in [-0.1, -0.05) is 6.07 Å². The summed E-state index contributed by atoms with van der Waals surface area (Å²) in [5, 5.41) is 6.11. The van der Waals surface area contributed by atoms with E-state index in [9.17, 15) is 19.2 Å². The summed E-state index contributed by atoms with van der Waals surface area (Å²) in [5.41, 5.74) is 7.23. The number of likely N-dealkylation sites (N-methyl/N-ethyl adjacent to an activating group) is 1. The van der Waals surface area contributed by atoms with Gasteiger partial charge in [0, 0.05) is 24.0 Å². The molecule has 0 saturated carbocycles. The molecule has 1 aliphatic rings. The Hall–Kier alpha value is -3.40. The predicted octanol–water partition coefficient (Wildman–Crippen LogP) is 0.360. The van der Waals surface area contributed by atoms with Gasteiger partial charge in [0.1, 0.15) is 11.2 Å². The Morgan fingerprint density at radius 1 is 1.19 bits per heavy atom. The number of hydrogen-bond donors (Lipinski definition) is 4. The van der Waals surface area contributed by atoms with E-state index in [1.165, 1.54) is 4.90 Å². The molecule has 5 amide bonds. The summed E-state index contributed by atoms with van der Waals surface area (Å²) in [6.45, 7) is 4.12. The van der Waals surface area contributed by atoms with Gasteiger partial charge in [0.15, 0.2) is 0 Å². The van der Waals surface area contributed by atoms with Gasteiger partial charge < -0.3 is 26.3 Å². The normalized spacial score (nSPS) is 15.5. The van der Waals surface area contributed by atoms with E-state index in [1.807, 2.05) is 37.2 Å². The second-order valence-electron chi connectivity index (χ2n) is 8.82. The second-order valence-corrected chi connectivity index (χ2v) is 8.82. The highest BCUT2D eigenvalue weighted by Gasteiger charge is 2.43. The number of carbonyl (C=O) groups excluding carboxylic acids is 4. The zero-order valence-corrected chi connectivity index (χ0v) is 18.9. The predicted molar refractivity (Wildman–Crippen MR) is 120 cm³/mol. The van der Waals surface area contributed by atoms with Gasteiger partial charge in [-0.15, -0.1) is 0 Å². The molecule has 172 valence electrons. The minimum Gasteiger partial charge on any atom is -0.368 e. The Morgan fingerprint density at radius 3 is 2.50 bits per heavy atom. The summed E-state index contributed by atoms with van der Waals surface area (Å²) >= 11 is 0. The van der Waals surface area contributed by atoms with E-state index in [4.69, 9.17) is 5.73 Å². The number of aromatic nitrogens is 1. The topological polar surface area (TPSA) is 141 Å². The number of H-pyrrole nitrogens is 1. The van der Waals surface area contributed by atoms with Crippen molar-refractivity contribution >= 4 is 34.7 Å². The van der Waals surface area contributed by atoms with Crippen molar-refractivity contribution in [2.24, 2.45) is 5.73 Å². The average Bonchev–Trinajstić information content (AvgIpc) is 3.16. The second kappa shape index (κ2) is 8.99. The van der Waals surface area contributed by atoms with Crippen LogP contribution in [-0.2, 0) is 22.4 Å². The molecule has 1 aromatic heterocycles. The van der Waals surface area contributed by atoms with Gasteiger partial charge in [-0.2, -0.15) is 0 Å². The number of aromatic amines is 1. The zero-order valence-electron chi connectivity index (χ0n) is 18.9. The van der Waals surface area contributed by atoms with Crippen molar-refractivity contribution in [3.63, 3.8) is 0 Å². The van der Waals surface area contributed by atoms with Crippen molar-refractivity contribution in [2.75, 3.05) is 33.7 Å². The quantitative estimate of drug-likeness (QED) is 0.415. The number of primary amides is 1. The van der Waals surface area contributed by atoms with Gasteiger partial charge in [-0.05, 0) is 64.0 Å². The highest BCUT2D eigenvalue weighted by molar-refractivity contribution is 6.06. The van der Waals surface area contributed by atoms with Crippen LogP contribution in [-0.4, -0.2) is 77.8 Å². The third-order valence-corrected chi connectivity index (χ3v) is 5.50. The summed E-state index contributed by atoms with van der Waals surface area (Å²) in [4.78, 5) is 54.7. The number of hydrogen-bond acceptors (Lipinski definition) is 5. The average molecular weight is 443 g/mol. The smallest absolute Gasteiger partial charge is 0.325 e. The molecule has 2 aromatic rings. The number of benzene rings is 1. The molecule has 10 nitrogen and oxygen atoms in total. The third kappa shape index (κ3) is 4.91. The summed E-state index contributed by atoms with van der Waals surface area (Å²) in [7, 11) is 3.90.